The van der Waals surface area contributed by atoms with E-state index in [0.29, 0.717) is 6.54 Å². The topological polar surface area (TPSA) is 33.5 Å². The molecule has 0 bridgehead atoms. The van der Waals surface area contributed by atoms with Crippen LogP contribution in [0.2, 0.25) is 0 Å². The molecule has 0 aliphatic carbocycles. The fourth-order valence-corrected chi connectivity index (χ4v) is 2.67. The molecule has 0 aliphatic heterocycles. The molecule has 0 fully saturated rings. The number of carbonyl (C=O) groups is 1. The second-order valence-electron chi connectivity index (χ2n) is 5.64. The summed E-state index contributed by atoms with van der Waals surface area (Å²) in [5.74, 6) is 0.0750. The van der Waals surface area contributed by atoms with Gasteiger partial charge in [-0.3, -0.25) is 4.79 Å². The van der Waals surface area contributed by atoms with Crippen molar-refractivity contribution in [1.29, 1.82) is 0 Å². The van der Waals surface area contributed by atoms with Crippen molar-refractivity contribution in [3.63, 3.8) is 0 Å². The maximum Gasteiger partial charge on any atom is 0.275 e. The maximum atomic E-state index is 12.1. The average molecular weight is 362 g/mol. The minimum atomic E-state index is 0.0363. The number of hydrogen-bond donors (Lipinski definition) is 2. The zero-order chi connectivity index (χ0) is 15.9. The van der Waals surface area contributed by atoms with Gasteiger partial charge in [-0.25, -0.2) is 0 Å². The lowest BCUT2D eigenvalue weighted by molar-refractivity contribution is -0.885. The summed E-state index contributed by atoms with van der Waals surface area (Å²) in [5, 5.41) is 3.05. The van der Waals surface area contributed by atoms with Crippen molar-refractivity contribution in [2.24, 2.45) is 0 Å². The van der Waals surface area contributed by atoms with Gasteiger partial charge < -0.3 is 10.2 Å². The Morgan fingerprint density at radius 1 is 1.14 bits per heavy atom. The number of rotatable bonds is 6. The maximum absolute atomic E-state index is 12.1. The summed E-state index contributed by atoms with van der Waals surface area (Å²) >= 11 is 3.43. The number of halogens is 1. The first-order chi connectivity index (χ1) is 10.5. The van der Waals surface area contributed by atoms with Crippen molar-refractivity contribution in [1.82, 2.24) is 5.32 Å². The van der Waals surface area contributed by atoms with Gasteiger partial charge >= 0.3 is 0 Å². The van der Waals surface area contributed by atoms with E-state index >= 15 is 0 Å². The predicted octanol–water partition coefficient (Wildman–Crippen LogP) is 2.34. The molecule has 2 aromatic carbocycles. The van der Waals surface area contributed by atoms with E-state index in [-0.39, 0.29) is 11.9 Å². The van der Waals surface area contributed by atoms with E-state index in [1.807, 2.05) is 56.4 Å². The van der Waals surface area contributed by atoms with Gasteiger partial charge in [0.2, 0.25) is 0 Å². The highest BCUT2D eigenvalue weighted by Crippen LogP contribution is 2.11. The van der Waals surface area contributed by atoms with Crippen molar-refractivity contribution in [2.75, 3.05) is 13.6 Å². The van der Waals surface area contributed by atoms with Crippen molar-refractivity contribution in [3.8, 4) is 0 Å². The van der Waals surface area contributed by atoms with Crippen LogP contribution in [-0.4, -0.2) is 19.5 Å². The molecule has 2 aromatic rings. The van der Waals surface area contributed by atoms with E-state index in [0.717, 1.165) is 16.6 Å². The molecule has 1 unspecified atom stereocenters. The molecule has 2 N–H and O–H groups in total. The van der Waals surface area contributed by atoms with Gasteiger partial charge in [-0.1, -0.05) is 58.4 Å². The van der Waals surface area contributed by atoms with Crippen molar-refractivity contribution < 1.29 is 9.69 Å². The summed E-state index contributed by atoms with van der Waals surface area (Å²) in [4.78, 5) is 13.3. The number of quaternary nitrogens is 1. The van der Waals surface area contributed by atoms with Gasteiger partial charge in [-0.15, -0.1) is 0 Å². The first-order valence-corrected chi connectivity index (χ1v) is 8.24. The van der Waals surface area contributed by atoms with E-state index in [1.165, 1.54) is 10.5 Å². The van der Waals surface area contributed by atoms with Crippen molar-refractivity contribution in [3.05, 3.63) is 70.2 Å². The molecular formula is C18H22BrN2O+. The number of hydrogen-bond acceptors (Lipinski definition) is 1. The molecule has 0 saturated heterocycles. The molecular weight excluding hydrogens is 340 g/mol. The number of amides is 1. The lowest BCUT2D eigenvalue weighted by atomic mass is 10.1. The number of nitrogens with one attached hydrogen (secondary N) is 2. The molecule has 0 aromatic heterocycles. The average Bonchev–Trinajstić information content (AvgIpc) is 2.50. The van der Waals surface area contributed by atoms with E-state index in [1.54, 1.807) is 0 Å². The van der Waals surface area contributed by atoms with E-state index < -0.39 is 0 Å². The normalized spacial score (nSPS) is 13.4. The monoisotopic (exact) mass is 361 g/mol. The second-order valence-corrected chi connectivity index (χ2v) is 6.55. The zero-order valence-corrected chi connectivity index (χ0v) is 14.6. The molecule has 116 valence electrons. The van der Waals surface area contributed by atoms with Crippen LogP contribution >= 0.6 is 15.9 Å². The molecule has 0 radical (unpaired) electrons. The highest BCUT2D eigenvalue weighted by molar-refractivity contribution is 9.10. The number of carbonyl (C=O) groups excluding carboxylic acids is 1. The van der Waals surface area contributed by atoms with Gasteiger partial charge in [0.15, 0.2) is 6.54 Å². The van der Waals surface area contributed by atoms with E-state index in [9.17, 15) is 4.79 Å². The van der Waals surface area contributed by atoms with Crippen LogP contribution in [-0.2, 0) is 11.3 Å². The summed E-state index contributed by atoms with van der Waals surface area (Å²) < 4.78 is 1.07. The third kappa shape index (κ3) is 5.28. The van der Waals surface area contributed by atoms with Crippen LogP contribution in [0.1, 0.15) is 24.1 Å². The highest BCUT2D eigenvalue weighted by Gasteiger charge is 2.14. The lowest BCUT2D eigenvalue weighted by Gasteiger charge is -2.17. The Balaban J connectivity index is 1.82. The Kier molecular flexibility index (Phi) is 6.16. The summed E-state index contributed by atoms with van der Waals surface area (Å²) in [7, 11) is 2.04. The SMILES string of the molecule is C[C@H](NC(=O)C[NH+](C)Cc1ccc(Br)cc1)c1ccccc1. The second kappa shape index (κ2) is 8.11. The molecule has 0 saturated carbocycles. The zero-order valence-electron chi connectivity index (χ0n) is 13.0. The van der Waals surface area contributed by atoms with Gasteiger partial charge in [0, 0.05) is 10.0 Å². The van der Waals surface area contributed by atoms with Crippen LogP contribution in [0.4, 0.5) is 0 Å². The Morgan fingerprint density at radius 2 is 1.77 bits per heavy atom. The minimum absolute atomic E-state index is 0.0363. The van der Waals surface area contributed by atoms with Crippen LogP contribution in [0, 0.1) is 0 Å². The highest BCUT2D eigenvalue weighted by atomic mass is 79.9. The van der Waals surface area contributed by atoms with Gasteiger partial charge in [-0.05, 0) is 24.6 Å². The molecule has 22 heavy (non-hydrogen) atoms. The quantitative estimate of drug-likeness (QED) is 0.813. The van der Waals surface area contributed by atoms with Crippen molar-refractivity contribution in [2.45, 2.75) is 19.5 Å². The summed E-state index contributed by atoms with van der Waals surface area (Å²) in [6.45, 7) is 3.31. The third-order valence-corrected chi connectivity index (χ3v) is 4.09. The summed E-state index contributed by atoms with van der Waals surface area (Å²) in [6, 6.07) is 18.3. The van der Waals surface area contributed by atoms with E-state index in [2.05, 4.69) is 33.4 Å². The summed E-state index contributed by atoms with van der Waals surface area (Å²) in [5.41, 5.74) is 2.35. The largest absolute Gasteiger partial charge is 0.345 e. The van der Waals surface area contributed by atoms with Gasteiger partial charge in [0.05, 0.1) is 13.1 Å². The Morgan fingerprint density at radius 3 is 2.41 bits per heavy atom. The fourth-order valence-electron chi connectivity index (χ4n) is 2.40. The molecule has 0 heterocycles. The fraction of sp³-hybridized carbons (Fsp3) is 0.278. The molecule has 3 nitrogen and oxygen atoms in total. The molecule has 2 rings (SSSR count). The molecule has 2 atom stereocenters. The van der Waals surface area contributed by atoms with Crippen LogP contribution in [0.25, 0.3) is 0 Å². The van der Waals surface area contributed by atoms with Gasteiger partial charge in [0.25, 0.3) is 5.91 Å². The van der Waals surface area contributed by atoms with Gasteiger partial charge in [0.1, 0.15) is 6.54 Å². The third-order valence-electron chi connectivity index (χ3n) is 3.56. The molecule has 1 amide bonds. The van der Waals surface area contributed by atoms with Crippen LogP contribution in [0.5, 0.6) is 0 Å². The van der Waals surface area contributed by atoms with Gasteiger partial charge in [-0.2, -0.15) is 0 Å². The Hall–Kier alpha value is -1.65. The molecule has 4 heteroatoms. The first kappa shape index (κ1) is 16.7. The van der Waals surface area contributed by atoms with Crippen LogP contribution in [0.3, 0.4) is 0 Å². The number of likely N-dealkylation sites (N-methyl/N-ethyl adjacent to an activating group) is 1. The van der Waals surface area contributed by atoms with Crippen LogP contribution < -0.4 is 10.2 Å². The molecule has 0 aliphatic rings. The number of benzene rings is 2. The Labute approximate surface area is 140 Å². The standard InChI is InChI=1S/C18H21BrN2O/c1-14(16-6-4-3-5-7-16)20-18(22)13-21(2)12-15-8-10-17(19)11-9-15/h3-11,14H,12-13H2,1-2H3,(H,20,22)/p+1/t14-/m0/s1. The molecule has 0 spiro atoms. The first-order valence-electron chi connectivity index (χ1n) is 7.44. The lowest BCUT2D eigenvalue weighted by Crippen LogP contribution is -3.08. The van der Waals surface area contributed by atoms with Crippen LogP contribution in [0.15, 0.2) is 59.1 Å². The smallest absolute Gasteiger partial charge is 0.275 e. The summed E-state index contributed by atoms with van der Waals surface area (Å²) in [6.07, 6.45) is 0. The van der Waals surface area contributed by atoms with Crippen molar-refractivity contribution >= 4 is 21.8 Å². The van der Waals surface area contributed by atoms with E-state index in [4.69, 9.17) is 0 Å². The minimum Gasteiger partial charge on any atom is -0.345 e. The Bertz CT molecular complexity index is 598. The predicted molar refractivity (Wildman–Crippen MR) is 92.6 cm³/mol.